The topological polar surface area (TPSA) is 73.2 Å². The van der Waals surface area contributed by atoms with Crippen LogP contribution in [0.1, 0.15) is 52.5 Å². The van der Waals surface area contributed by atoms with Crippen molar-refractivity contribution in [3.05, 3.63) is 24.4 Å². The van der Waals surface area contributed by atoms with Crippen LogP contribution in [-0.4, -0.2) is 27.8 Å². The minimum Gasteiger partial charge on any atom is -0.444 e. The minimum absolute atomic E-state index is 0.200. The minimum atomic E-state index is -0.528. The number of rotatable bonds is 3. The highest BCUT2D eigenvalue weighted by Crippen LogP contribution is 2.32. The molecule has 0 bridgehead atoms. The molecule has 1 saturated carbocycles. The molecule has 0 saturated heterocycles. The monoisotopic (exact) mass is 343 g/mol. The third-order valence-corrected chi connectivity index (χ3v) is 4.48. The number of amides is 1. The molecule has 1 aromatic carbocycles. The molecule has 1 amide bonds. The van der Waals surface area contributed by atoms with Crippen LogP contribution >= 0.6 is 0 Å². The van der Waals surface area contributed by atoms with E-state index >= 15 is 0 Å². The number of aldehydes is 1. The molecule has 0 atom stereocenters. The first-order chi connectivity index (χ1) is 11.8. The highest BCUT2D eigenvalue weighted by atomic mass is 16.6. The standard InChI is InChI=1S/C19H25N3O3/c1-19(2,3)25-18(24)20-15-6-9-17-14(10-15)11-22(21-17)16-7-4-13(12-23)5-8-16/h6,9-13,16H,4-5,7-8H2,1-3H3,(H,20,24)/t13-,16-. The van der Waals surface area contributed by atoms with Crippen molar-refractivity contribution in [1.82, 2.24) is 9.78 Å². The van der Waals surface area contributed by atoms with Gasteiger partial charge in [0.25, 0.3) is 0 Å². The molecular formula is C19H25N3O3. The number of nitrogens with one attached hydrogen (secondary N) is 1. The molecule has 134 valence electrons. The number of nitrogens with zero attached hydrogens (tertiary/aromatic N) is 2. The summed E-state index contributed by atoms with van der Waals surface area (Å²) in [5.41, 5.74) is 1.05. The van der Waals surface area contributed by atoms with Crippen LogP contribution in [0.4, 0.5) is 10.5 Å². The van der Waals surface area contributed by atoms with Crippen molar-refractivity contribution in [3.63, 3.8) is 0 Å². The molecule has 1 aliphatic rings. The van der Waals surface area contributed by atoms with Crippen LogP contribution in [0.2, 0.25) is 0 Å². The van der Waals surface area contributed by atoms with Crippen molar-refractivity contribution in [1.29, 1.82) is 0 Å². The van der Waals surface area contributed by atoms with Gasteiger partial charge in [0, 0.05) is 23.2 Å². The SMILES string of the molecule is CC(C)(C)OC(=O)Nc1ccc2nn([C@H]3CC[C@H](C=O)CC3)cc2c1. The Bertz CT molecular complexity index is 768. The first-order valence-corrected chi connectivity index (χ1v) is 8.78. The lowest BCUT2D eigenvalue weighted by Gasteiger charge is -2.25. The van der Waals surface area contributed by atoms with E-state index in [4.69, 9.17) is 4.74 Å². The fourth-order valence-electron chi connectivity index (χ4n) is 3.23. The van der Waals surface area contributed by atoms with Crippen molar-refractivity contribution in [3.8, 4) is 0 Å². The summed E-state index contributed by atoms with van der Waals surface area (Å²) >= 11 is 0. The maximum Gasteiger partial charge on any atom is 0.412 e. The molecular weight excluding hydrogens is 318 g/mol. The summed E-state index contributed by atoms with van der Waals surface area (Å²) in [6, 6.07) is 5.97. The average molecular weight is 343 g/mol. The predicted octanol–water partition coefficient (Wildman–Crippen LogP) is 4.31. The van der Waals surface area contributed by atoms with E-state index in [9.17, 15) is 9.59 Å². The van der Waals surface area contributed by atoms with Crippen LogP contribution in [0.25, 0.3) is 10.9 Å². The largest absolute Gasteiger partial charge is 0.444 e. The lowest BCUT2D eigenvalue weighted by atomic mass is 9.87. The fourth-order valence-corrected chi connectivity index (χ4v) is 3.23. The van der Waals surface area contributed by atoms with Gasteiger partial charge in [-0.2, -0.15) is 5.10 Å². The molecule has 1 N–H and O–H groups in total. The molecule has 0 spiro atoms. The van der Waals surface area contributed by atoms with Gasteiger partial charge >= 0.3 is 6.09 Å². The summed E-state index contributed by atoms with van der Waals surface area (Å²) in [5, 5.41) is 8.38. The summed E-state index contributed by atoms with van der Waals surface area (Å²) < 4.78 is 7.28. The number of carbonyl (C=O) groups excluding carboxylic acids is 2. The lowest BCUT2D eigenvalue weighted by molar-refractivity contribution is -0.112. The Kier molecular flexibility index (Phi) is 4.79. The zero-order valence-corrected chi connectivity index (χ0v) is 15.0. The fraction of sp³-hybridized carbons (Fsp3) is 0.526. The van der Waals surface area contributed by atoms with E-state index in [2.05, 4.69) is 10.4 Å². The highest BCUT2D eigenvalue weighted by molar-refractivity contribution is 5.89. The van der Waals surface area contributed by atoms with Crippen molar-refractivity contribution < 1.29 is 14.3 Å². The number of carbonyl (C=O) groups is 2. The summed E-state index contributed by atoms with van der Waals surface area (Å²) in [5.74, 6) is 0.200. The van der Waals surface area contributed by atoms with E-state index in [0.717, 1.165) is 42.9 Å². The van der Waals surface area contributed by atoms with Gasteiger partial charge in [-0.15, -0.1) is 0 Å². The van der Waals surface area contributed by atoms with E-state index in [1.807, 2.05) is 49.8 Å². The average Bonchev–Trinajstić information content (AvgIpc) is 2.96. The molecule has 1 aromatic heterocycles. The molecule has 2 aromatic rings. The Morgan fingerprint density at radius 2 is 2.00 bits per heavy atom. The Labute approximate surface area is 147 Å². The molecule has 0 radical (unpaired) electrons. The van der Waals surface area contributed by atoms with E-state index in [1.54, 1.807) is 0 Å². The molecule has 6 nitrogen and oxygen atoms in total. The maximum atomic E-state index is 11.9. The predicted molar refractivity (Wildman–Crippen MR) is 96.6 cm³/mol. The van der Waals surface area contributed by atoms with Crippen LogP contribution in [0.3, 0.4) is 0 Å². The van der Waals surface area contributed by atoms with Gasteiger partial charge in [0.15, 0.2) is 0 Å². The summed E-state index contributed by atoms with van der Waals surface area (Å²) in [4.78, 5) is 22.8. The summed E-state index contributed by atoms with van der Waals surface area (Å²) in [7, 11) is 0. The van der Waals surface area contributed by atoms with Crippen LogP contribution in [0.15, 0.2) is 24.4 Å². The Hall–Kier alpha value is -2.37. The second kappa shape index (κ2) is 6.86. The van der Waals surface area contributed by atoms with Crippen LogP contribution < -0.4 is 5.32 Å². The quantitative estimate of drug-likeness (QED) is 0.843. The summed E-state index contributed by atoms with van der Waals surface area (Å²) in [6.45, 7) is 5.50. The number of hydrogen-bond donors (Lipinski definition) is 1. The van der Waals surface area contributed by atoms with Gasteiger partial charge in [-0.05, 0) is 64.7 Å². The van der Waals surface area contributed by atoms with Gasteiger partial charge < -0.3 is 9.53 Å². The maximum absolute atomic E-state index is 11.9. The molecule has 1 aliphatic carbocycles. The van der Waals surface area contributed by atoms with Gasteiger partial charge in [0.1, 0.15) is 11.9 Å². The Morgan fingerprint density at radius 1 is 1.28 bits per heavy atom. The molecule has 3 rings (SSSR count). The second-order valence-corrected chi connectivity index (χ2v) is 7.71. The van der Waals surface area contributed by atoms with E-state index in [-0.39, 0.29) is 5.92 Å². The molecule has 0 unspecified atom stereocenters. The number of fused-ring (bicyclic) bond motifs is 1. The number of anilines is 1. The summed E-state index contributed by atoms with van der Waals surface area (Å²) in [6.07, 6.45) is 6.42. The van der Waals surface area contributed by atoms with Crippen molar-refractivity contribution in [2.75, 3.05) is 5.32 Å². The highest BCUT2D eigenvalue weighted by Gasteiger charge is 2.23. The number of ether oxygens (including phenoxy) is 1. The molecule has 1 heterocycles. The van der Waals surface area contributed by atoms with E-state index in [1.165, 1.54) is 0 Å². The third-order valence-electron chi connectivity index (χ3n) is 4.48. The second-order valence-electron chi connectivity index (χ2n) is 7.71. The van der Waals surface area contributed by atoms with Crippen LogP contribution in [0, 0.1) is 5.92 Å². The zero-order valence-electron chi connectivity index (χ0n) is 15.0. The zero-order chi connectivity index (χ0) is 18.0. The Morgan fingerprint density at radius 3 is 2.64 bits per heavy atom. The van der Waals surface area contributed by atoms with Gasteiger partial charge in [-0.1, -0.05) is 0 Å². The van der Waals surface area contributed by atoms with E-state index < -0.39 is 11.7 Å². The van der Waals surface area contributed by atoms with Crippen molar-refractivity contribution in [2.45, 2.75) is 58.1 Å². The molecule has 0 aliphatic heterocycles. The first kappa shape index (κ1) is 17.5. The van der Waals surface area contributed by atoms with Crippen molar-refractivity contribution in [2.24, 2.45) is 5.92 Å². The Balaban J connectivity index is 1.71. The molecule has 25 heavy (non-hydrogen) atoms. The third kappa shape index (κ3) is 4.38. The smallest absolute Gasteiger partial charge is 0.412 e. The van der Waals surface area contributed by atoms with Gasteiger partial charge in [0.05, 0.1) is 11.6 Å². The normalized spacial score (nSPS) is 21.1. The van der Waals surface area contributed by atoms with Gasteiger partial charge in [-0.25, -0.2) is 4.79 Å². The van der Waals surface area contributed by atoms with Crippen LogP contribution in [0.5, 0.6) is 0 Å². The van der Waals surface area contributed by atoms with Gasteiger partial charge in [-0.3, -0.25) is 10.00 Å². The lowest BCUT2D eigenvalue weighted by Crippen LogP contribution is -2.27. The van der Waals surface area contributed by atoms with E-state index in [0.29, 0.717) is 11.7 Å². The molecule has 1 fully saturated rings. The first-order valence-electron chi connectivity index (χ1n) is 8.78. The molecule has 6 heteroatoms. The number of benzene rings is 1. The number of aromatic nitrogens is 2. The van der Waals surface area contributed by atoms with Gasteiger partial charge in [0.2, 0.25) is 0 Å². The van der Waals surface area contributed by atoms with Crippen LogP contribution in [-0.2, 0) is 9.53 Å². The number of hydrogen-bond acceptors (Lipinski definition) is 4. The van der Waals surface area contributed by atoms with Crippen molar-refractivity contribution >= 4 is 29.0 Å².